The molecular formula is C31H31F3N8O2. The van der Waals surface area contributed by atoms with E-state index >= 15 is 0 Å². The van der Waals surface area contributed by atoms with Crippen LogP contribution in [0.2, 0.25) is 0 Å². The van der Waals surface area contributed by atoms with Crippen molar-refractivity contribution in [1.29, 1.82) is 0 Å². The molecule has 10 nitrogen and oxygen atoms in total. The van der Waals surface area contributed by atoms with E-state index in [9.17, 15) is 22.8 Å². The number of benzene rings is 1. The Hall–Kier alpha value is -4.94. The van der Waals surface area contributed by atoms with Crippen molar-refractivity contribution in [3.63, 3.8) is 0 Å². The maximum Gasteiger partial charge on any atom is 0.389 e. The minimum Gasteiger partial charge on any atom is -0.353 e. The molecule has 1 fully saturated rings. The van der Waals surface area contributed by atoms with Gasteiger partial charge >= 0.3 is 6.18 Å². The van der Waals surface area contributed by atoms with Gasteiger partial charge in [0, 0.05) is 74.9 Å². The smallest absolute Gasteiger partial charge is 0.353 e. The number of nitrogens with one attached hydrogen (secondary N) is 1. The Labute approximate surface area is 251 Å². The first-order valence-electron chi connectivity index (χ1n) is 14.5. The zero-order valence-electron chi connectivity index (χ0n) is 23.9. The summed E-state index contributed by atoms with van der Waals surface area (Å²) in [6, 6.07) is 16.8. The summed E-state index contributed by atoms with van der Waals surface area (Å²) >= 11 is 0. The average molecular weight is 605 g/mol. The summed E-state index contributed by atoms with van der Waals surface area (Å²) in [5.74, 6) is 0.775. The molecule has 0 bridgehead atoms. The Morgan fingerprint density at radius 1 is 0.909 bits per heavy atom. The number of carbonyl (C=O) groups excluding carboxylic acids is 2. The lowest BCUT2D eigenvalue weighted by Crippen LogP contribution is -2.49. The van der Waals surface area contributed by atoms with Crippen LogP contribution in [0.3, 0.4) is 0 Å². The molecule has 5 heterocycles. The summed E-state index contributed by atoms with van der Waals surface area (Å²) in [5.41, 5.74) is 3.75. The average Bonchev–Trinajstić information content (AvgIpc) is 3.46. The summed E-state index contributed by atoms with van der Waals surface area (Å²) in [6.45, 7) is 3.26. The molecular weight excluding hydrogens is 573 g/mol. The second kappa shape index (κ2) is 12.3. The summed E-state index contributed by atoms with van der Waals surface area (Å²) in [5, 5.41) is 7.72. The highest BCUT2D eigenvalue weighted by atomic mass is 19.4. The summed E-state index contributed by atoms with van der Waals surface area (Å²) < 4.78 is 39.2. The maximum atomic E-state index is 13.1. The van der Waals surface area contributed by atoms with Crippen LogP contribution < -0.4 is 10.2 Å². The van der Waals surface area contributed by atoms with Gasteiger partial charge in [-0.2, -0.15) is 18.2 Å². The van der Waals surface area contributed by atoms with Gasteiger partial charge in [0.2, 0.25) is 11.9 Å². The van der Waals surface area contributed by atoms with Crippen LogP contribution in [0.25, 0.3) is 11.2 Å². The first kappa shape index (κ1) is 29.1. The van der Waals surface area contributed by atoms with Crippen LogP contribution in [0.5, 0.6) is 0 Å². The van der Waals surface area contributed by atoms with E-state index in [4.69, 9.17) is 0 Å². The van der Waals surface area contributed by atoms with Gasteiger partial charge in [0.1, 0.15) is 5.82 Å². The Morgan fingerprint density at radius 3 is 2.39 bits per heavy atom. The normalized spacial score (nSPS) is 15.8. The molecule has 4 aromatic rings. The second-order valence-electron chi connectivity index (χ2n) is 10.7. The van der Waals surface area contributed by atoms with Crippen molar-refractivity contribution in [1.82, 2.24) is 29.4 Å². The SMILES string of the molecule is O=C(CCC(F)(F)F)N1CC=C(c2cccn3nc(Nc4ccc(C(=O)N5CCN(c6ccccn6)CC5)cc4)nc23)CC1. The number of rotatable bonds is 7. The number of hydrogen-bond donors (Lipinski definition) is 1. The van der Waals surface area contributed by atoms with Gasteiger partial charge in [0.25, 0.3) is 5.91 Å². The third kappa shape index (κ3) is 6.66. The highest BCUT2D eigenvalue weighted by molar-refractivity contribution is 5.94. The molecule has 44 heavy (non-hydrogen) atoms. The summed E-state index contributed by atoms with van der Waals surface area (Å²) in [4.78, 5) is 39.9. The Balaban J connectivity index is 1.07. The molecule has 2 aliphatic heterocycles. The number of amides is 2. The third-order valence-corrected chi connectivity index (χ3v) is 7.82. The number of piperazine rings is 1. The van der Waals surface area contributed by atoms with Gasteiger partial charge in [-0.05, 0) is 60.5 Å². The first-order valence-corrected chi connectivity index (χ1v) is 14.5. The molecule has 2 amide bonds. The van der Waals surface area contributed by atoms with E-state index in [1.54, 1.807) is 29.0 Å². The number of aromatic nitrogens is 4. The van der Waals surface area contributed by atoms with E-state index in [1.807, 2.05) is 53.4 Å². The highest BCUT2D eigenvalue weighted by Gasteiger charge is 2.30. The fourth-order valence-corrected chi connectivity index (χ4v) is 5.44. The number of carbonyl (C=O) groups is 2. The van der Waals surface area contributed by atoms with Crippen LogP contribution in [0.4, 0.5) is 30.6 Å². The number of hydrogen-bond acceptors (Lipinski definition) is 7. The Kier molecular flexibility index (Phi) is 8.18. The molecule has 0 unspecified atom stereocenters. The number of fused-ring (bicyclic) bond motifs is 1. The van der Waals surface area contributed by atoms with Crippen molar-refractivity contribution in [2.24, 2.45) is 0 Å². The lowest BCUT2D eigenvalue weighted by atomic mass is 10.00. The van der Waals surface area contributed by atoms with Crippen LogP contribution in [-0.2, 0) is 4.79 Å². The minimum absolute atomic E-state index is 0.0194. The number of anilines is 3. The number of halogens is 3. The van der Waals surface area contributed by atoms with Crippen molar-refractivity contribution in [3.8, 4) is 0 Å². The number of pyridine rings is 2. The lowest BCUT2D eigenvalue weighted by Gasteiger charge is -2.35. The predicted molar refractivity (Wildman–Crippen MR) is 160 cm³/mol. The molecule has 1 saturated heterocycles. The summed E-state index contributed by atoms with van der Waals surface area (Å²) in [7, 11) is 0. The van der Waals surface area contributed by atoms with Crippen molar-refractivity contribution in [2.45, 2.75) is 25.4 Å². The predicted octanol–water partition coefficient (Wildman–Crippen LogP) is 4.79. The van der Waals surface area contributed by atoms with E-state index in [2.05, 4.69) is 25.3 Å². The fourth-order valence-electron chi connectivity index (χ4n) is 5.44. The first-order chi connectivity index (χ1) is 21.2. The van der Waals surface area contributed by atoms with Gasteiger partial charge in [-0.3, -0.25) is 9.59 Å². The third-order valence-electron chi connectivity index (χ3n) is 7.82. The van der Waals surface area contributed by atoms with Crippen LogP contribution in [-0.4, -0.2) is 86.6 Å². The molecule has 0 radical (unpaired) electrons. The van der Waals surface area contributed by atoms with E-state index in [-0.39, 0.29) is 12.5 Å². The minimum atomic E-state index is -4.35. The van der Waals surface area contributed by atoms with Crippen molar-refractivity contribution in [3.05, 3.63) is 84.2 Å². The largest absolute Gasteiger partial charge is 0.389 e. The molecule has 0 saturated carbocycles. The van der Waals surface area contributed by atoms with E-state index < -0.39 is 24.9 Å². The maximum absolute atomic E-state index is 13.1. The van der Waals surface area contributed by atoms with Gasteiger partial charge in [-0.1, -0.05) is 12.1 Å². The molecule has 0 aliphatic carbocycles. The van der Waals surface area contributed by atoms with Gasteiger partial charge in [0.15, 0.2) is 5.65 Å². The Morgan fingerprint density at radius 2 is 1.70 bits per heavy atom. The molecule has 2 aliphatic rings. The lowest BCUT2D eigenvalue weighted by molar-refractivity contribution is -0.148. The molecule has 13 heteroatoms. The molecule has 6 rings (SSSR count). The molecule has 0 atom stereocenters. The van der Waals surface area contributed by atoms with Gasteiger partial charge in [0.05, 0.1) is 6.42 Å². The number of alkyl halides is 3. The summed E-state index contributed by atoms with van der Waals surface area (Å²) in [6.07, 6.45) is -0.0919. The van der Waals surface area contributed by atoms with Gasteiger partial charge < -0.3 is 20.0 Å². The standard InChI is InChI=1S/C31H31F3N8O2/c32-31(33,34)13-10-27(43)40-16-11-22(12-17-40)25-4-3-15-42-28(25)37-30(38-42)36-24-8-6-23(7-9-24)29(44)41-20-18-39(19-21-41)26-5-1-2-14-35-26/h1-9,11,14-15H,10,12-13,16-21H2,(H,36,38). The Bertz CT molecular complexity index is 1660. The van der Waals surface area contributed by atoms with Crippen LogP contribution in [0.1, 0.15) is 35.2 Å². The molecule has 1 aromatic carbocycles. The second-order valence-corrected chi connectivity index (χ2v) is 10.7. The van der Waals surface area contributed by atoms with Crippen LogP contribution >= 0.6 is 0 Å². The molecule has 0 spiro atoms. The van der Waals surface area contributed by atoms with E-state index in [1.165, 1.54) is 4.90 Å². The number of nitrogens with zero attached hydrogens (tertiary/aromatic N) is 7. The molecule has 3 aromatic heterocycles. The highest BCUT2D eigenvalue weighted by Crippen LogP contribution is 2.28. The zero-order chi connectivity index (χ0) is 30.7. The topological polar surface area (TPSA) is 99.0 Å². The van der Waals surface area contributed by atoms with Crippen LogP contribution in [0.15, 0.2) is 73.1 Å². The molecule has 228 valence electrons. The fraction of sp³-hybridized carbons (Fsp3) is 0.323. The quantitative estimate of drug-likeness (QED) is 0.324. The van der Waals surface area contributed by atoms with Crippen LogP contribution in [0, 0.1) is 0 Å². The van der Waals surface area contributed by atoms with Crippen molar-refractivity contribution in [2.75, 3.05) is 49.5 Å². The van der Waals surface area contributed by atoms with Crippen molar-refractivity contribution >= 4 is 40.5 Å². The van der Waals surface area contributed by atoms with E-state index in [0.717, 1.165) is 35.7 Å². The van der Waals surface area contributed by atoms with Crippen molar-refractivity contribution < 1.29 is 22.8 Å². The van der Waals surface area contributed by atoms with E-state index in [0.29, 0.717) is 43.2 Å². The monoisotopic (exact) mass is 604 g/mol. The molecule has 1 N–H and O–H groups in total. The zero-order valence-corrected chi connectivity index (χ0v) is 23.9. The van der Waals surface area contributed by atoms with Gasteiger partial charge in [-0.15, -0.1) is 5.10 Å². The van der Waals surface area contributed by atoms with Gasteiger partial charge in [-0.25, -0.2) is 9.50 Å².